The Balaban J connectivity index is 3.93. The number of amides is 1. The Hall–Kier alpha value is -0.910. The molecule has 0 heterocycles. The Morgan fingerprint density at radius 3 is 2.65 bits per heavy atom. The van der Waals surface area contributed by atoms with Crippen LogP contribution in [-0.2, 0) is 4.79 Å². The number of nitrogens with two attached hydrogens (primary N) is 1. The van der Waals surface area contributed by atoms with Gasteiger partial charge in [0.15, 0.2) is 0 Å². The summed E-state index contributed by atoms with van der Waals surface area (Å²) in [6.07, 6.45) is 3.75. The first kappa shape index (κ1) is 16.1. The highest BCUT2D eigenvalue weighted by atomic mass is 16.3. The van der Waals surface area contributed by atoms with E-state index in [0.717, 1.165) is 0 Å². The maximum Gasteiger partial charge on any atom is 0.225 e. The Labute approximate surface area is 103 Å². The number of aliphatic hydroxyl groups is 1. The number of hydrogen-bond acceptors (Lipinski definition) is 4. The van der Waals surface area contributed by atoms with Gasteiger partial charge < -0.3 is 21.5 Å². The van der Waals surface area contributed by atoms with Gasteiger partial charge in [0.2, 0.25) is 5.91 Å². The first-order valence-electron chi connectivity index (χ1n) is 5.92. The summed E-state index contributed by atoms with van der Waals surface area (Å²) in [4.78, 5) is 11.7. The van der Waals surface area contributed by atoms with Crippen LogP contribution in [0, 0.1) is 5.92 Å². The molecule has 0 bridgehead atoms. The van der Waals surface area contributed by atoms with Crippen LogP contribution in [0.1, 0.15) is 20.8 Å². The van der Waals surface area contributed by atoms with Gasteiger partial charge in [-0.2, -0.15) is 0 Å². The van der Waals surface area contributed by atoms with Gasteiger partial charge in [-0.05, 0) is 20.8 Å². The van der Waals surface area contributed by atoms with E-state index in [2.05, 4.69) is 10.6 Å². The monoisotopic (exact) mass is 243 g/mol. The molecule has 5 N–H and O–H groups in total. The summed E-state index contributed by atoms with van der Waals surface area (Å²) in [5.41, 5.74) is 4.77. The fourth-order valence-corrected chi connectivity index (χ4v) is 1.26. The summed E-state index contributed by atoms with van der Waals surface area (Å²) in [6.45, 7) is 7.05. The van der Waals surface area contributed by atoms with Crippen molar-refractivity contribution in [3.63, 3.8) is 0 Å². The van der Waals surface area contributed by atoms with E-state index in [1.165, 1.54) is 0 Å². The van der Waals surface area contributed by atoms with Gasteiger partial charge in [-0.25, -0.2) is 0 Å². The third kappa shape index (κ3) is 8.85. The SMILES string of the molecule is C/C=C/CNC(=O)C(CN)CNCC(C)(C)O. The topological polar surface area (TPSA) is 87.4 Å². The molecule has 1 atom stereocenters. The van der Waals surface area contributed by atoms with Crippen LogP contribution in [0.4, 0.5) is 0 Å². The lowest BCUT2D eigenvalue weighted by molar-refractivity contribution is -0.124. The highest BCUT2D eigenvalue weighted by molar-refractivity contribution is 5.79. The highest BCUT2D eigenvalue weighted by Crippen LogP contribution is 1.98. The van der Waals surface area contributed by atoms with Gasteiger partial charge in [0.25, 0.3) is 0 Å². The molecule has 0 aliphatic rings. The average molecular weight is 243 g/mol. The minimum Gasteiger partial charge on any atom is -0.389 e. The lowest BCUT2D eigenvalue weighted by Gasteiger charge is -2.20. The average Bonchev–Trinajstić information content (AvgIpc) is 2.23. The fraction of sp³-hybridized carbons (Fsp3) is 0.750. The highest BCUT2D eigenvalue weighted by Gasteiger charge is 2.17. The second-order valence-electron chi connectivity index (χ2n) is 4.69. The van der Waals surface area contributed by atoms with E-state index in [0.29, 0.717) is 26.2 Å². The number of allylic oxidation sites excluding steroid dienone is 1. The summed E-state index contributed by atoms with van der Waals surface area (Å²) in [5.74, 6) is -0.323. The lowest BCUT2D eigenvalue weighted by Crippen LogP contribution is -2.44. The fourth-order valence-electron chi connectivity index (χ4n) is 1.26. The molecule has 0 aliphatic carbocycles. The van der Waals surface area contributed by atoms with Crippen LogP contribution in [0.2, 0.25) is 0 Å². The van der Waals surface area contributed by atoms with E-state index in [1.54, 1.807) is 13.8 Å². The van der Waals surface area contributed by atoms with Crippen molar-refractivity contribution in [2.45, 2.75) is 26.4 Å². The van der Waals surface area contributed by atoms with E-state index in [9.17, 15) is 9.90 Å². The smallest absolute Gasteiger partial charge is 0.225 e. The summed E-state index contributed by atoms with van der Waals surface area (Å²) >= 11 is 0. The van der Waals surface area contributed by atoms with Crippen molar-refractivity contribution in [3.8, 4) is 0 Å². The molecule has 5 heteroatoms. The van der Waals surface area contributed by atoms with Crippen molar-refractivity contribution >= 4 is 5.91 Å². The minimum atomic E-state index is -0.777. The van der Waals surface area contributed by atoms with Crippen molar-refractivity contribution in [1.82, 2.24) is 10.6 Å². The second-order valence-corrected chi connectivity index (χ2v) is 4.69. The molecule has 0 fully saturated rings. The molecule has 0 aromatic carbocycles. The van der Waals surface area contributed by atoms with Crippen LogP contribution < -0.4 is 16.4 Å². The number of carbonyl (C=O) groups is 1. The Kier molecular flexibility index (Phi) is 7.78. The van der Waals surface area contributed by atoms with Gasteiger partial charge in [-0.3, -0.25) is 4.79 Å². The molecule has 0 saturated heterocycles. The van der Waals surface area contributed by atoms with E-state index < -0.39 is 5.60 Å². The zero-order valence-corrected chi connectivity index (χ0v) is 11.0. The van der Waals surface area contributed by atoms with Crippen molar-refractivity contribution in [3.05, 3.63) is 12.2 Å². The third-order valence-corrected chi connectivity index (χ3v) is 2.23. The summed E-state index contributed by atoms with van der Waals surface area (Å²) < 4.78 is 0. The van der Waals surface area contributed by atoms with Gasteiger partial charge in [-0.15, -0.1) is 0 Å². The predicted molar refractivity (Wildman–Crippen MR) is 69.5 cm³/mol. The minimum absolute atomic E-state index is 0.0613. The van der Waals surface area contributed by atoms with E-state index in [4.69, 9.17) is 5.73 Å². The predicted octanol–water partition coefficient (Wildman–Crippen LogP) is -0.386. The number of nitrogens with one attached hydrogen (secondary N) is 2. The molecule has 0 aromatic rings. The molecule has 0 saturated carbocycles. The zero-order chi connectivity index (χ0) is 13.3. The van der Waals surface area contributed by atoms with Crippen LogP contribution in [0.3, 0.4) is 0 Å². The lowest BCUT2D eigenvalue weighted by atomic mass is 10.1. The second kappa shape index (κ2) is 8.22. The Morgan fingerprint density at radius 2 is 2.18 bits per heavy atom. The number of carbonyl (C=O) groups excluding carboxylic acids is 1. The van der Waals surface area contributed by atoms with Gasteiger partial charge in [0.1, 0.15) is 0 Å². The molecule has 0 rings (SSSR count). The van der Waals surface area contributed by atoms with Gasteiger partial charge in [0, 0.05) is 26.2 Å². The van der Waals surface area contributed by atoms with Crippen LogP contribution in [0.15, 0.2) is 12.2 Å². The molecule has 0 radical (unpaired) electrons. The van der Waals surface area contributed by atoms with Crippen molar-refractivity contribution in [1.29, 1.82) is 0 Å². The van der Waals surface area contributed by atoms with E-state index in [-0.39, 0.29) is 11.8 Å². The number of hydrogen-bond donors (Lipinski definition) is 4. The first-order chi connectivity index (χ1) is 7.90. The summed E-state index contributed by atoms with van der Waals surface area (Å²) in [7, 11) is 0. The molecule has 1 unspecified atom stereocenters. The first-order valence-corrected chi connectivity index (χ1v) is 5.92. The zero-order valence-electron chi connectivity index (χ0n) is 11.0. The van der Waals surface area contributed by atoms with Crippen molar-refractivity contribution in [2.75, 3.05) is 26.2 Å². The molecular weight excluding hydrogens is 218 g/mol. The summed E-state index contributed by atoms with van der Waals surface area (Å²) in [6, 6.07) is 0. The molecule has 1 amide bonds. The van der Waals surface area contributed by atoms with Crippen molar-refractivity contribution < 1.29 is 9.90 Å². The maximum atomic E-state index is 11.7. The van der Waals surface area contributed by atoms with Crippen LogP contribution in [0.5, 0.6) is 0 Å². The Bertz CT molecular complexity index is 247. The third-order valence-electron chi connectivity index (χ3n) is 2.23. The molecular formula is C12H25N3O2. The molecule has 0 spiro atoms. The number of rotatable bonds is 8. The maximum absolute atomic E-state index is 11.7. The van der Waals surface area contributed by atoms with Gasteiger partial charge >= 0.3 is 0 Å². The van der Waals surface area contributed by atoms with Crippen molar-refractivity contribution in [2.24, 2.45) is 11.7 Å². The largest absolute Gasteiger partial charge is 0.389 e. The van der Waals surface area contributed by atoms with Gasteiger partial charge in [0.05, 0.1) is 11.5 Å². The normalized spacial score (nSPS) is 13.9. The molecule has 5 nitrogen and oxygen atoms in total. The van der Waals surface area contributed by atoms with Crippen LogP contribution >= 0.6 is 0 Å². The van der Waals surface area contributed by atoms with E-state index in [1.807, 2.05) is 19.1 Å². The quantitative estimate of drug-likeness (QED) is 0.437. The Morgan fingerprint density at radius 1 is 1.53 bits per heavy atom. The molecule has 0 aliphatic heterocycles. The van der Waals surface area contributed by atoms with E-state index >= 15 is 0 Å². The van der Waals surface area contributed by atoms with Crippen LogP contribution in [-0.4, -0.2) is 42.8 Å². The standard InChI is InChI=1S/C12H25N3O2/c1-4-5-6-15-11(16)10(7-13)8-14-9-12(2,3)17/h4-5,10,14,17H,6-9,13H2,1-3H3,(H,15,16)/b5-4+. The van der Waals surface area contributed by atoms with Crippen LogP contribution in [0.25, 0.3) is 0 Å². The molecule has 100 valence electrons. The van der Waals surface area contributed by atoms with Gasteiger partial charge in [-0.1, -0.05) is 12.2 Å². The molecule has 17 heavy (non-hydrogen) atoms. The summed E-state index contributed by atoms with van der Waals surface area (Å²) in [5, 5.41) is 15.3. The molecule has 0 aromatic heterocycles.